The fraction of sp³-hybridized carbons (Fsp3) is 0.278. The lowest BCUT2D eigenvalue weighted by molar-refractivity contribution is 0.627. The summed E-state index contributed by atoms with van der Waals surface area (Å²) >= 11 is 0. The molecule has 1 unspecified atom stereocenters. The Bertz CT molecular complexity index is 698. The maximum atomic E-state index is 4.84. The van der Waals surface area contributed by atoms with Gasteiger partial charge in [-0.05, 0) is 24.1 Å². The summed E-state index contributed by atoms with van der Waals surface area (Å²) in [6.07, 6.45) is 1.11. The molecule has 0 aliphatic rings. The average Bonchev–Trinajstić information content (AvgIpc) is 2.86. The van der Waals surface area contributed by atoms with E-state index in [0.717, 1.165) is 18.5 Å². The van der Waals surface area contributed by atoms with E-state index in [9.17, 15) is 0 Å². The molecule has 0 saturated carbocycles. The highest BCUT2D eigenvalue weighted by Gasteiger charge is 2.15. The number of hydrogen-bond acceptors (Lipinski definition) is 1. The van der Waals surface area contributed by atoms with Crippen LogP contribution in [0.3, 0.4) is 0 Å². The van der Waals surface area contributed by atoms with Crippen molar-refractivity contribution in [3.8, 4) is 0 Å². The standard InChI is InChI=1S/C18H20N2/c1-3-14(2)18-19-16-11-7-8-12-17(16)20(18)13-15-9-5-4-6-10-15/h4-12,14H,3,13H2,1-2H3. The van der Waals surface area contributed by atoms with Gasteiger partial charge in [0, 0.05) is 12.5 Å². The van der Waals surface area contributed by atoms with Crippen LogP contribution in [-0.4, -0.2) is 9.55 Å². The monoisotopic (exact) mass is 264 g/mol. The SMILES string of the molecule is CCC(C)c1nc2ccccc2n1Cc1ccccc1. The summed E-state index contributed by atoms with van der Waals surface area (Å²) in [5.41, 5.74) is 3.64. The Labute approximate surface area is 120 Å². The number of hydrogen-bond donors (Lipinski definition) is 0. The molecule has 1 heterocycles. The van der Waals surface area contributed by atoms with E-state index in [1.165, 1.54) is 16.9 Å². The predicted molar refractivity (Wildman–Crippen MR) is 84.0 cm³/mol. The van der Waals surface area contributed by atoms with Crippen LogP contribution in [0.1, 0.15) is 37.6 Å². The number of aromatic nitrogens is 2. The molecule has 2 aromatic carbocycles. The molecule has 3 rings (SSSR count). The topological polar surface area (TPSA) is 17.8 Å². The van der Waals surface area contributed by atoms with Gasteiger partial charge in [0.15, 0.2) is 0 Å². The molecule has 0 saturated heterocycles. The molecule has 102 valence electrons. The van der Waals surface area contributed by atoms with Crippen LogP contribution in [0.5, 0.6) is 0 Å². The van der Waals surface area contributed by atoms with Gasteiger partial charge in [0.05, 0.1) is 11.0 Å². The van der Waals surface area contributed by atoms with E-state index < -0.39 is 0 Å². The molecule has 0 aliphatic carbocycles. The molecule has 1 atom stereocenters. The Morgan fingerprint density at radius 3 is 2.45 bits per heavy atom. The zero-order valence-corrected chi connectivity index (χ0v) is 12.1. The first-order valence-electron chi connectivity index (χ1n) is 7.28. The molecular formula is C18H20N2. The van der Waals surface area contributed by atoms with Gasteiger partial charge in [0.2, 0.25) is 0 Å². The van der Waals surface area contributed by atoms with Gasteiger partial charge in [0.25, 0.3) is 0 Å². The summed E-state index contributed by atoms with van der Waals surface area (Å²) in [6.45, 7) is 5.36. The Balaban J connectivity index is 2.11. The second-order valence-corrected chi connectivity index (χ2v) is 5.34. The third-order valence-electron chi connectivity index (χ3n) is 3.92. The molecule has 2 heteroatoms. The van der Waals surface area contributed by atoms with Gasteiger partial charge in [0.1, 0.15) is 5.82 Å². The molecule has 20 heavy (non-hydrogen) atoms. The van der Waals surface area contributed by atoms with E-state index >= 15 is 0 Å². The first-order chi connectivity index (χ1) is 9.79. The minimum atomic E-state index is 0.478. The van der Waals surface area contributed by atoms with Crippen molar-refractivity contribution < 1.29 is 0 Å². The molecule has 0 amide bonds. The number of rotatable bonds is 4. The fourth-order valence-corrected chi connectivity index (χ4v) is 2.59. The summed E-state index contributed by atoms with van der Waals surface area (Å²) < 4.78 is 2.36. The minimum absolute atomic E-state index is 0.478. The number of nitrogens with zero attached hydrogens (tertiary/aromatic N) is 2. The van der Waals surface area contributed by atoms with Crippen molar-refractivity contribution in [1.29, 1.82) is 0 Å². The van der Waals surface area contributed by atoms with Crippen LogP contribution in [0.15, 0.2) is 54.6 Å². The van der Waals surface area contributed by atoms with Crippen LogP contribution in [0.2, 0.25) is 0 Å². The third kappa shape index (κ3) is 2.34. The van der Waals surface area contributed by atoms with E-state index in [4.69, 9.17) is 4.98 Å². The van der Waals surface area contributed by atoms with Crippen LogP contribution >= 0.6 is 0 Å². The minimum Gasteiger partial charge on any atom is -0.323 e. The van der Waals surface area contributed by atoms with Crippen molar-refractivity contribution in [3.05, 3.63) is 66.0 Å². The van der Waals surface area contributed by atoms with Gasteiger partial charge >= 0.3 is 0 Å². The predicted octanol–water partition coefficient (Wildman–Crippen LogP) is 4.60. The van der Waals surface area contributed by atoms with Gasteiger partial charge in [-0.3, -0.25) is 0 Å². The van der Waals surface area contributed by atoms with Gasteiger partial charge in [-0.25, -0.2) is 4.98 Å². The summed E-state index contributed by atoms with van der Waals surface area (Å²) in [6, 6.07) is 19.0. The van der Waals surface area contributed by atoms with Crippen molar-refractivity contribution >= 4 is 11.0 Å². The maximum absolute atomic E-state index is 4.84. The highest BCUT2D eigenvalue weighted by Crippen LogP contribution is 2.24. The van der Waals surface area contributed by atoms with E-state index in [1.54, 1.807) is 0 Å². The second-order valence-electron chi connectivity index (χ2n) is 5.34. The van der Waals surface area contributed by atoms with E-state index in [0.29, 0.717) is 5.92 Å². The van der Waals surface area contributed by atoms with E-state index in [1.807, 2.05) is 0 Å². The lowest BCUT2D eigenvalue weighted by atomic mass is 10.1. The smallest absolute Gasteiger partial charge is 0.113 e. The zero-order chi connectivity index (χ0) is 13.9. The molecule has 0 N–H and O–H groups in total. The Hall–Kier alpha value is -2.09. The lowest BCUT2D eigenvalue weighted by Crippen LogP contribution is -2.07. The number of benzene rings is 2. The molecule has 0 aliphatic heterocycles. The van der Waals surface area contributed by atoms with E-state index in [-0.39, 0.29) is 0 Å². The Kier molecular flexibility index (Phi) is 3.55. The van der Waals surface area contributed by atoms with Gasteiger partial charge in [-0.2, -0.15) is 0 Å². The molecule has 1 aromatic heterocycles. The average molecular weight is 264 g/mol. The molecular weight excluding hydrogens is 244 g/mol. The Morgan fingerprint density at radius 2 is 1.70 bits per heavy atom. The summed E-state index contributed by atoms with van der Waals surface area (Å²) in [5, 5.41) is 0. The van der Waals surface area contributed by atoms with Crippen molar-refractivity contribution in [2.75, 3.05) is 0 Å². The number of para-hydroxylation sites is 2. The highest BCUT2D eigenvalue weighted by atomic mass is 15.1. The Morgan fingerprint density at radius 1 is 1.00 bits per heavy atom. The molecule has 0 radical (unpaired) electrons. The molecule has 0 bridgehead atoms. The summed E-state index contributed by atoms with van der Waals surface area (Å²) in [7, 11) is 0. The van der Waals surface area contributed by atoms with Crippen molar-refractivity contribution in [2.45, 2.75) is 32.7 Å². The van der Waals surface area contributed by atoms with E-state index in [2.05, 4.69) is 73.0 Å². The maximum Gasteiger partial charge on any atom is 0.113 e. The molecule has 0 spiro atoms. The van der Waals surface area contributed by atoms with Gasteiger partial charge in [-0.15, -0.1) is 0 Å². The largest absolute Gasteiger partial charge is 0.323 e. The first kappa shape index (κ1) is 12.9. The van der Waals surface area contributed by atoms with Crippen LogP contribution in [0.4, 0.5) is 0 Å². The van der Waals surface area contributed by atoms with Crippen LogP contribution < -0.4 is 0 Å². The lowest BCUT2D eigenvalue weighted by Gasteiger charge is -2.13. The van der Waals surface area contributed by atoms with Crippen molar-refractivity contribution in [2.24, 2.45) is 0 Å². The molecule has 0 fully saturated rings. The normalized spacial score (nSPS) is 12.7. The number of fused-ring (bicyclic) bond motifs is 1. The van der Waals surface area contributed by atoms with Crippen LogP contribution in [0.25, 0.3) is 11.0 Å². The third-order valence-corrected chi connectivity index (χ3v) is 3.92. The summed E-state index contributed by atoms with van der Waals surface area (Å²) in [4.78, 5) is 4.84. The van der Waals surface area contributed by atoms with Crippen LogP contribution in [0, 0.1) is 0 Å². The van der Waals surface area contributed by atoms with Crippen molar-refractivity contribution in [3.63, 3.8) is 0 Å². The quantitative estimate of drug-likeness (QED) is 0.673. The number of imidazole rings is 1. The highest BCUT2D eigenvalue weighted by molar-refractivity contribution is 5.76. The molecule has 2 nitrogen and oxygen atoms in total. The molecule has 3 aromatic rings. The fourth-order valence-electron chi connectivity index (χ4n) is 2.59. The van der Waals surface area contributed by atoms with Gasteiger partial charge < -0.3 is 4.57 Å². The van der Waals surface area contributed by atoms with Crippen molar-refractivity contribution in [1.82, 2.24) is 9.55 Å². The second kappa shape index (κ2) is 5.49. The zero-order valence-electron chi connectivity index (χ0n) is 12.1. The van der Waals surface area contributed by atoms with Crippen LogP contribution in [-0.2, 0) is 6.54 Å². The summed E-state index contributed by atoms with van der Waals surface area (Å²) in [5.74, 6) is 1.67. The first-order valence-corrected chi connectivity index (χ1v) is 7.28. The van der Waals surface area contributed by atoms with Gasteiger partial charge in [-0.1, -0.05) is 56.3 Å².